The fourth-order valence-electron chi connectivity index (χ4n) is 4.00. The quantitative estimate of drug-likeness (QED) is 0.492. The van der Waals surface area contributed by atoms with Crippen LogP contribution >= 0.6 is 0 Å². The van der Waals surface area contributed by atoms with Gasteiger partial charge in [0.2, 0.25) is 5.91 Å². The minimum Gasteiger partial charge on any atom is -0.379 e. The number of imidazole rings is 1. The number of nitrogens with two attached hydrogens (primary N) is 1. The number of benzene rings is 2. The topological polar surface area (TPSA) is 118 Å². The molecule has 3 heterocycles. The second-order valence-electron chi connectivity index (χ2n) is 7.86. The molecule has 4 aromatic rings. The summed E-state index contributed by atoms with van der Waals surface area (Å²) in [5, 5.41) is 10.6. The van der Waals surface area contributed by atoms with E-state index in [2.05, 4.69) is 37.5 Å². The first-order chi connectivity index (χ1) is 15.6. The van der Waals surface area contributed by atoms with E-state index in [1.54, 1.807) is 4.57 Å². The van der Waals surface area contributed by atoms with E-state index in [-0.39, 0.29) is 18.3 Å². The number of carbonyl (C=O) groups excluding carboxylic acids is 1. The van der Waals surface area contributed by atoms with Crippen LogP contribution in [-0.4, -0.2) is 63.9 Å². The molecule has 0 unspecified atom stereocenters. The molecule has 3 N–H and O–H groups in total. The maximum atomic E-state index is 13.1. The predicted octanol–water partition coefficient (Wildman–Crippen LogP) is 2.06. The Bertz CT molecular complexity index is 1260. The van der Waals surface area contributed by atoms with Crippen LogP contribution in [0.3, 0.4) is 0 Å². The molecule has 0 spiro atoms. The summed E-state index contributed by atoms with van der Waals surface area (Å²) in [6.07, 6.45) is 0. The molecule has 5 rings (SSSR count). The first-order valence-electron chi connectivity index (χ1n) is 10.5. The summed E-state index contributed by atoms with van der Waals surface area (Å²) in [5.74, 6) is 0.390. The fourth-order valence-corrected chi connectivity index (χ4v) is 4.00. The Morgan fingerprint density at radius 1 is 1.06 bits per heavy atom. The molecule has 0 radical (unpaired) electrons. The molecule has 1 aliphatic heterocycles. The van der Waals surface area contributed by atoms with Crippen molar-refractivity contribution in [2.24, 2.45) is 0 Å². The molecule has 2 aromatic heterocycles. The second kappa shape index (κ2) is 8.31. The minimum atomic E-state index is -0.175. The average molecular weight is 432 g/mol. The Morgan fingerprint density at radius 3 is 2.59 bits per heavy atom. The summed E-state index contributed by atoms with van der Waals surface area (Å²) < 4.78 is 6.53. The number of likely N-dealkylation sites (N-methyl/N-ethyl adjacent to an activating group) is 1. The van der Waals surface area contributed by atoms with Gasteiger partial charge in [0.05, 0.1) is 22.4 Å². The number of anilines is 3. The third kappa shape index (κ3) is 3.76. The fraction of sp³-hybridized carbons (Fsp3) is 0.273. The number of nitrogens with one attached hydrogen (secondary N) is 1. The molecule has 0 aliphatic carbocycles. The largest absolute Gasteiger partial charge is 0.379 e. The Hall–Kier alpha value is -3.92. The van der Waals surface area contributed by atoms with Gasteiger partial charge in [-0.1, -0.05) is 24.3 Å². The van der Waals surface area contributed by atoms with Crippen LogP contribution in [0.15, 0.2) is 53.2 Å². The maximum Gasteiger partial charge on any atom is 0.244 e. The standard InChI is InChI=1S/C22H24N8O2/c1-28-10-12-29(13-11-28)17-8-4-2-6-15(17)24-19(31)14-30-18-9-5-3-7-16(18)25-22(30)20-21(23)27-32-26-20/h2-9H,10-14H2,1H3,(H2,23,27)(H,24,31). The van der Waals surface area contributed by atoms with Crippen molar-refractivity contribution in [3.05, 3.63) is 48.5 Å². The van der Waals surface area contributed by atoms with Crippen LogP contribution in [0, 0.1) is 0 Å². The van der Waals surface area contributed by atoms with Crippen LogP contribution in [0.1, 0.15) is 0 Å². The number of carbonyl (C=O) groups is 1. The lowest BCUT2D eigenvalue weighted by molar-refractivity contribution is -0.116. The van der Waals surface area contributed by atoms with E-state index in [0.29, 0.717) is 11.5 Å². The van der Waals surface area contributed by atoms with Crippen molar-refractivity contribution in [1.29, 1.82) is 0 Å². The molecule has 1 aliphatic rings. The van der Waals surface area contributed by atoms with E-state index in [0.717, 1.165) is 48.6 Å². The Morgan fingerprint density at radius 2 is 1.81 bits per heavy atom. The lowest BCUT2D eigenvalue weighted by Gasteiger charge is -2.35. The summed E-state index contributed by atoms with van der Waals surface area (Å²) in [7, 11) is 2.12. The number of piperazine rings is 1. The zero-order valence-corrected chi connectivity index (χ0v) is 17.7. The highest BCUT2D eigenvalue weighted by Crippen LogP contribution is 2.28. The highest BCUT2D eigenvalue weighted by molar-refractivity contribution is 5.95. The van der Waals surface area contributed by atoms with Crippen LogP contribution in [0.25, 0.3) is 22.6 Å². The normalized spacial score (nSPS) is 14.7. The molecule has 2 aromatic carbocycles. The van der Waals surface area contributed by atoms with Crippen molar-refractivity contribution in [2.45, 2.75) is 6.54 Å². The molecule has 0 saturated carbocycles. The van der Waals surface area contributed by atoms with Crippen LogP contribution in [0.2, 0.25) is 0 Å². The number of amides is 1. The van der Waals surface area contributed by atoms with Crippen molar-refractivity contribution in [3.8, 4) is 11.5 Å². The summed E-state index contributed by atoms with van der Waals surface area (Å²) in [6, 6.07) is 15.5. The van der Waals surface area contributed by atoms with Crippen molar-refractivity contribution in [1.82, 2.24) is 24.8 Å². The highest BCUT2D eigenvalue weighted by atomic mass is 16.6. The number of nitrogens with zero attached hydrogens (tertiary/aromatic N) is 6. The van der Waals surface area contributed by atoms with Crippen molar-refractivity contribution < 1.29 is 9.42 Å². The smallest absolute Gasteiger partial charge is 0.244 e. The van der Waals surface area contributed by atoms with Crippen molar-refractivity contribution >= 4 is 34.1 Å². The van der Waals surface area contributed by atoms with E-state index >= 15 is 0 Å². The molecular formula is C22H24N8O2. The summed E-state index contributed by atoms with van der Waals surface area (Å²) in [5.41, 5.74) is 9.55. The molecule has 0 bridgehead atoms. The third-order valence-electron chi connectivity index (χ3n) is 5.70. The van der Waals surface area contributed by atoms with Crippen LogP contribution < -0.4 is 16.0 Å². The number of rotatable bonds is 5. The number of nitrogen functional groups attached to an aromatic ring is 1. The van der Waals surface area contributed by atoms with E-state index in [1.807, 2.05) is 48.5 Å². The van der Waals surface area contributed by atoms with Crippen molar-refractivity contribution in [3.63, 3.8) is 0 Å². The number of para-hydroxylation sites is 4. The number of hydrogen-bond donors (Lipinski definition) is 2. The Labute approximate surface area is 184 Å². The maximum absolute atomic E-state index is 13.1. The zero-order chi connectivity index (χ0) is 22.1. The molecule has 10 heteroatoms. The third-order valence-corrected chi connectivity index (χ3v) is 5.70. The van der Waals surface area contributed by atoms with Gasteiger partial charge in [0, 0.05) is 26.2 Å². The highest BCUT2D eigenvalue weighted by Gasteiger charge is 2.22. The minimum absolute atomic E-state index is 0.0409. The zero-order valence-electron chi connectivity index (χ0n) is 17.7. The summed E-state index contributed by atoms with van der Waals surface area (Å²) in [6.45, 7) is 3.84. The van der Waals surface area contributed by atoms with Gasteiger partial charge in [-0.3, -0.25) is 4.79 Å². The SMILES string of the molecule is CN1CCN(c2ccccc2NC(=O)Cn2c(-c3nonc3N)nc3ccccc32)CC1. The van der Waals surface area contributed by atoms with E-state index in [1.165, 1.54) is 0 Å². The van der Waals surface area contributed by atoms with Crippen LogP contribution in [-0.2, 0) is 11.3 Å². The van der Waals surface area contributed by atoms with Gasteiger partial charge in [0.15, 0.2) is 17.3 Å². The van der Waals surface area contributed by atoms with Crippen LogP contribution in [0.5, 0.6) is 0 Å². The molecule has 1 fully saturated rings. The van der Waals surface area contributed by atoms with E-state index in [4.69, 9.17) is 10.4 Å². The van der Waals surface area contributed by atoms with Gasteiger partial charge in [-0.25, -0.2) is 9.61 Å². The lowest BCUT2D eigenvalue weighted by Crippen LogP contribution is -2.44. The summed E-state index contributed by atoms with van der Waals surface area (Å²) in [4.78, 5) is 22.3. The molecule has 10 nitrogen and oxygen atoms in total. The van der Waals surface area contributed by atoms with E-state index < -0.39 is 0 Å². The van der Waals surface area contributed by atoms with Gasteiger partial charge in [-0.05, 0) is 41.6 Å². The number of fused-ring (bicyclic) bond motifs is 1. The van der Waals surface area contributed by atoms with Crippen molar-refractivity contribution in [2.75, 3.05) is 49.2 Å². The molecular weight excluding hydrogens is 408 g/mol. The molecule has 164 valence electrons. The van der Waals surface area contributed by atoms with Gasteiger partial charge < -0.3 is 25.4 Å². The van der Waals surface area contributed by atoms with Gasteiger partial charge in [0.25, 0.3) is 0 Å². The Balaban J connectivity index is 1.43. The molecule has 32 heavy (non-hydrogen) atoms. The predicted molar refractivity (Wildman–Crippen MR) is 122 cm³/mol. The number of hydrogen-bond acceptors (Lipinski definition) is 8. The molecule has 1 saturated heterocycles. The first-order valence-corrected chi connectivity index (χ1v) is 10.5. The Kier molecular flexibility index (Phi) is 5.20. The molecule has 1 amide bonds. The summed E-state index contributed by atoms with van der Waals surface area (Å²) >= 11 is 0. The average Bonchev–Trinajstić information content (AvgIpc) is 3.38. The van der Waals surface area contributed by atoms with Gasteiger partial charge >= 0.3 is 0 Å². The monoisotopic (exact) mass is 432 g/mol. The molecule has 0 atom stereocenters. The lowest BCUT2D eigenvalue weighted by atomic mass is 10.2. The first kappa shape index (κ1) is 20.0. The number of aromatic nitrogens is 4. The van der Waals surface area contributed by atoms with E-state index in [9.17, 15) is 4.79 Å². The second-order valence-corrected chi connectivity index (χ2v) is 7.86. The van der Waals surface area contributed by atoms with Gasteiger partial charge in [-0.15, -0.1) is 0 Å². The van der Waals surface area contributed by atoms with Gasteiger partial charge in [0.1, 0.15) is 6.54 Å². The van der Waals surface area contributed by atoms with Gasteiger partial charge in [-0.2, -0.15) is 0 Å². The van der Waals surface area contributed by atoms with Crippen LogP contribution in [0.4, 0.5) is 17.2 Å².